The Hall–Kier alpha value is -3.55. The van der Waals surface area contributed by atoms with Gasteiger partial charge in [0.2, 0.25) is 0 Å². The highest BCUT2D eigenvalue weighted by Crippen LogP contribution is 2.30. The highest BCUT2D eigenvalue weighted by molar-refractivity contribution is 7.12. The molecule has 0 unspecified atom stereocenters. The normalized spacial score (nSPS) is 13.6. The average molecular weight is 506 g/mol. The fourth-order valence-electron chi connectivity index (χ4n) is 4.15. The lowest BCUT2D eigenvalue weighted by atomic mass is 10.1. The molecule has 5 rings (SSSR count). The van der Waals surface area contributed by atoms with E-state index < -0.39 is 0 Å². The van der Waals surface area contributed by atoms with Gasteiger partial charge in [-0.05, 0) is 52.6 Å². The van der Waals surface area contributed by atoms with Gasteiger partial charge in [-0.3, -0.25) is 9.59 Å². The number of benzene rings is 3. The number of amides is 2. The molecule has 0 bridgehead atoms. The van der Waals surface area contributed by atoms with Crippen LogP contribution in [0.15, 0.2) is 78.2 Å². The number of rotatable bonds is 6. The molecule has 6 nitrogen and oxygen atoms in total. The summed E-state index contributed by atoms with van der Waals surface area (Å²) in [5.74, 6) is 0.460. The van der Waals surface area contributed by atoms with Crippen molar-refractivity contribution >= 4 is 56.9 Å². The van der Waals surface area contributed by atoms with E-state index in [-0.39, 0.29) is 18.4 Å². The minimum absolute atomic E-state index is 0.0784. The molecule has 1 N–H and O–H groups in total. The largest absolute Gasteiger partial charge is 0.484 e. The van der Waals surface area contributed by atoms with E-state index in [1.165, 1.54) is 11.3 Å². The molecule has 1 aliphatic rings. The fraction of sp³-hybridized carbons (Fsp3) is 0.185. The van der Waals surface area contributed by atoms with Crippen molar-refractivity contribution in [3.63, 3.8) is 0 Å². The van der Waals surface area contributed by atoms with Crippen molar-refractivity contribution in [1.82, 2.24) is 4.90 Å². The van der Waals surface area contributed by atoms with Crippen LogP contribution in [-0.2, 0) is 4.79 Å². The second-order valence-corrected chi connectivity index (χ2v) is 9.62. The van der Waals surface area contributed by atoms with Crippen LogP contribution in [0, 0.1) is 0 Å². The number of carbonyl (C=O) groups is 2. The van der Waals surface area contributed by atoms with E-state index in [2.05, 4.69) is 10.2 Å². The number of nitrogens with one attached hydrogen (secondary N) is 1. The summed E-state index contributed by atoms with van der Waals surface area (Å²) < 4.78 is 5.67. The van der Waals surface area contributed by atoms with Crippen LogP contribution in [0.5, 0.6) is 5.75 Å². The number of hydrogen-bond donors (Lipinski definition) is 1. The number of halogens is 1. The first-order valence-electron chi connectivity index (χ1n) is 11.4. The van der Waals surface area contributed by atoms with Crippen molar-refractivity contribution < 1.29 is 14.3 Å². The Morgan fingerprint density at radius 3 is 2.46 bits per heavy atom. The maximum absolute atomic E-state index is 12.6. The second kappa shape index (κ2) is 10.4. The fourth-order valence-corrected chi connectivity index (χ4v) is 5.14. The molecule has 0 atom stereocenters. The number of ether oxygens (including phenoxy) is 1. The first-order valence-corrected chi connectivity index (χ1v) is 12.6. The van der Waals surface area contributed by atoms with Gasteiger partial charge in [-0.25, -0.2) is 0 Å². The molecule has 0 radical (unpaired) electrons. The molecule has 8 heteroatoms. The Morgan fingerprint density at radius 1 is 0.914 bits per heavy atom. The lowest BCUT2D eigenvalue weighted by Gasteiger charge is -2.36. The topological polar surface area (TPSA) is 61.9 Å². The summed E-state index contributed by atoms with van der Waals surface area (Å²) in [6.45, 7) is 2.57. The van der Waals surface area contributed by atoms with Gasteiger partial charge in [0.05, 0.1) is 15.6 Å². The number of carbonyl (C=O) groups excluding carboxylic acids is 2. The van der Waals surface area contributed by atoms with Gasteiger partial charge in [0.15, 0.2) is 6.61 Å². The lowest BCUT2D eigenvalue weighted by molar-refractivity contribution is -0.118. The summed E-state index contributed by atoms with van der Waals surface area (Å²) >= 11 is 8.02. The number of fused-ring (bicyclic) bond motifs is 1. The van der Waals surface area contributed by atoms with E-state index in [4.69, 9.17) is 16.3 Å². The summed E-state index contributed by atoms with van der Waals surface area (Å²) in [5.41, 5.74) is 1.50. The molecular weight excluding hydrogens is 482 g/mol. The Labute approximate surface area is 212 Å². The highest BCUT2D eigenvalue weighted by Gasteiger charge is 2.24. The van der Waals surface area contributed by atoms with E-state index in [1.54, 1.807) is 6.07 Å². The molecule has 1 saturated heterocycles. The molecule has 1 aromatic heterocycles. The zero-order valence-electron chi connectivity index (χ0n) is 18.9. The van der Waals surface area contributed by atoms with Crippen molar-refractivity contribution in [2.24, 2.45) is 0 Å². The van der Waals surface area contributed by atoms with E-state index in [0.29, 0.717) is 42.6 Å². The van der Waals surface area contributed by atoms with Gasteiger partial charge >= 0.3 is 0 Å². The highest BCUT2D eigenvalue weighted by atomic mass is 35.5. The molecule has 0 saturated carbocycles. The first kappa shape index (κ1) is 23.2. The number of piperazine rings is 1. The van der Waals surface area contributed by atoms with Gasteiger partial charge in [-0.2, -0.15) is 0 Å². The van der Waals surface area contributed by atoms with Crippen LogP contribution in [0.2, 0.25) is 5.02 Å². The van der Waals surface area contributed by atoms with Crippen LogP contribution in [0.3, 0.4) is 0 Å². The van der Waals surface area contributed by atoms with Crippen LogP contribution in [0.4, 0.5) is 11.4 Å². The molecule has 178 valence electrons. The third-order valence-corrected chi connectivity index (χ3v) is 7.12. The zero-order chi connectivity index (χ0) is 24.2. The second-order valence-electron chi connectivity index (χ2n) is 8.27. The van der Waals surface area contributed by atoms with Crippen LogP contribution in [0.1, 0.15) is 9.67 Å². The smallest absolute Gasteiger partial charge is 0.264 e. The predicted molar refractivity (Wildman–Crippen MR) is 142 cm³/mol. The standard InChI is InChI=1S/C27H24ClN3O3S/c28-23-17-21(29-26(32)18-34-22-9-7-19-4-1-2-5-20(19)16-22)8-10-24(23)30-11-13-31(14-12-30)27(33)25-6-3-15-35-25/h1-10,15-17H,11-14,18H2,(H,29,32). The molecule has 0 spiro atoms. The van der Waals surface area contributed by atoms with Gasteiger partial charge < -0.3 is 19.9 Å². The monoisotopic (exact) mass is 505 g/mol. The molecule has 4 aromatic rings. The van der Waals surface area contributed by atoms with Gasteiger partial charge in [0, 0.05) is 31.9 Å². The Kier molecular flexibility index (Phi) is 6.88. The van der Waals surface area contributed by atoms with Gasteiger partial charge in [-0.15, -0.1) is 11.3 Å². The van der Waals surface area contributed by atoms with Crippen LogP contribution >= 0.6 is 22.9 Å². The number of nitrogens with zero attached hydrogens (tertiary/aromatic N) is 2. The summed E-state index contributed by atoms with van der Waals surface area (Å²) in [6.07, 6.45) is 0. The molecule has 2 heterocycles. The minimum atomic E-state index is -0.261. The van der Waals surface area contributed by atoms with Crippen molar-refractivity contribution in [2.45, 2.75) is 0 Å². The van der Waals surface area contributed by atoms with Crippen molar-refractivity contribution in [3.8, 4) is 5.75 Å². The van der Waals surface area contributed by atoms with Crippen molar-refractivity contribution in [1.29, 1.82) is 0 Å². The zero-order valence-corrected chi connectivity index (χ0v) is 20.5. The third kappa shape index (κ3) is 5.42. The van der Waals surface area contributed by atoms with Gasteiger partial charge in [-0.1, -0.05) is 48.0 Å². The van der Waals surface area contributed by atoms with Gasteiger partial charge in [0.1, 0.15) is 5.75 Å². The Bertz CT molecular complexity index is 1350. The Balaban J connectivity index is 1.14. The number of anilines is 2. The molecule has 35 heavy (non-hydrogen) atoms. The van der Waals surface area contributed by atoms with Crippen LogP contribution in [0.25, 0.3) is 10.8 Å². The quantitative estimate of drug-likeness (QED) is 0.374. The minimum Gasteiger partial charge on any atom is -0.484 e. The molecule has 0 aliphatic carbocycles. The van der Waals surface area contributed by atoms with Crippen molar-refractivity contribution in [2.75, 3.05) is 43.0 Å². The molecule has 2 amide bonds. The van der Waals surface area contributed by atoms with Crippen LogP contribution in [-0.4, -0.2) is 49.5 Å². The molecule has 1 fully saturated rings. The maximum Gasteiger partial charge on any atom is 0.264 e. The molecule has 1 aliphatic heterocycles. The third-order valence-electron chi connectivity index (χ3n) is 5.96. The molecular formula is C27H24ClN3O3S. The summed E-state index contributed by atoms with van der Waals surface area (Å²) in [7, 11) is 0. The van der Waals surface area contributed by atoms with E-state index in [1.807, 2.05) is 77.0 Å². The summed E-state index contributed by atoms with van der Waals surface area (Å²) in [5, 5.41) is 7.49. The predicted octanol–water partition coefficient (Wildman–Crippen LogP) is 5.53. The summed E-state index contributed by atoms with van der Waals surface area (Å²) in [6, 6.07) is 23.0. The van der Waals surface area contributed by atoms with E-state index in [9.17, 15) is 9.59 Å². The van der Waals surface area contributed by atoms with E-state index in [0.717, 1.165) is 21.3 Å². The SMILES string of the molecule is O=C(COc1ccc2ccccc2c1)Nc1ccc(N2CCN(C(=O)c3cccs3)CC2)c(Cl)c1. The maximum atomic E-state index is 12.6. The number of hydrogen-bond acceptors (Lipinski definition) is 5. The van der Waals surface area contributed by atoms with E-state index >= 15 is 0 Å². The number of thiophene rings is 1. The first-order chi connectivity index (χ1) is 17.1. The van der Waals surface area contributed by atoms with Gasteiger partial charge in [0.25, 0.3) is 11.8 Å². The molecule has 3 aromatic carbocycles. The van der Waals surface area contributed by atoms with Crippen LogP contribution < -0.4 is 15.0 Å². The lowest BCUT2D eigenvalue weighted by Crippen LogP contribution is -2.48. The summed E-state index contributed by atoms with van der Waals surface area (Å²) in [4.78, 5) is 29.8. The average Bonchev–Trinajstić information content (AvgIpc) is 3.42. The van der Waals surface area contributed by atoms with Crippen molar-refractivity contribution in [3.05, 3.63) is 88.1 Å². The Morgan fingerprint density at radius 2 is 1.71 bits per heavy atom.